The lowest BCUT2D eigenvalue weighted by Crippen LogP contribution is -2.20. The average molecular weight is 282 g/mol. The molecule has 86 valence electrons. The molecule has 0 spiro atoms. The topological polar surface area (TPSA) is 20.3 Å². The molecule has 0 aromatic heterocycles. The maximum Gasteiger partial charge on any atom is 0.152 e. The molecule has 2 rings (SSSR count). The van der Waals surface area contributed by atoms with Gasteiger partial charge in [0.2, 0.25) is 0 Å². The van der Waals surface area contributed by atoms with Crippen LogP contribution in [0, 0.1) is 5.92 Å². The van der Waals surface area contributed by atoms with Crippen molar-refractivity contribution in [1.82, 2.24) is 0 Å². The van der Waals surface area contributed by atoms with Gasteiger partial charge in [-0.15, -0.1) is 0 Å². The Morgan fingerprint density at radius 3 is 3.00 bits per heavy atom. The summed E-state index contributed by atoms with van der Waals surface area (Å²) < 4.78 is 1.04. The molecule has 1 saturated heterocycles. The molecule has 0 radical (unpaired) electrons. The molecule has 3 heteroatoms. The van der Waals surface area contributed by atoms with E-state index in [-0.39, 0.29) is 0 Å². The van der Waals surface area contributed by atoms with Crippen LogP contribution in [0.3, 0.4) is 0 Å². The zero-order valence-electron chi connectivity index (χ0n) is 9.45. The molecule has 1 atom stereocenters. The van der Waals surface area contributed by atoms with Gasteiger partial charge in [0.1, 0.15) is 0 Å². The predicted octanol–water partition coefficient (Wildman–Crippen LogP) is 3.50. The van der Waals surface area contributed by atoms with Crippen LogP contribution in [0.1, 0.15) is 30.1 Å². The van der Waals surface area contributed by atoms with Crippen molar-refractivity contribution in [3.63, 3.8) is 0 Å². The van der Waals surface area contributed by atoms with Crippen molar-refractivity contribution in [1.29, 1.82) is 0 Å². The van der Waals surface area contributed by atoms with Crippen LogP contribution < -0.4 is 4.90 Å². The van der Waals surface area contributed by atoms with E-state index in [2.05, 4.69) is 27.8 Å². The Morgan fingerprint density at radius 2 is 2.38 bits per heavy atom. The van der Waals surface area contributed by atoms with Gasteiger partial charge in [0, 0.05) is 28.8 Å². The Kier molecular flexibility index (Phi) is 3.64. The number of aldehydes is 1. The van der Waals surface area contributed by atoms with Gasteiger partial charge in [-0.2, -0.15) is 0 Å². The van der Waals surface area contributed by atoms with Gasteiger partial charge in [-0.25, -0.2) is 0 Å². The van der Waals surface area contributed by atoms with Crippen LogP contribution in [-0.2, 0) is 0 Å². The molecule has 1 aromatic carbocycles. The van der Waals surface area contributed by atoms with Crippen molar-refractivity contribution in [3.8, 4) is 0 Å². The first-order chi connectivity index (χ1) is 7.74. The van der Waals surface area contributed by atoms with Gasteiger partial charge in [0.05, 0.1) is 0 Å². The van der Waals surface area contributed by atoms with E-state index in [0.29, 0.717) is 0 Å². The first kappa shape index (κ1) is 11.6. The first-order valence-electron chi connectivity index (χ1n) is 5.74. The minimum atomic E-state index is 0.776. The maximum atomic E-state index is 11.0. The molecule has 2 nitrogen and oxygen atoms in total. The molecule has 16 heavy (non-hydrogen) atoms. The van der Waals surface area contributed by atoms with E-state index in [1.54, 1.807) is 0 Å². The molecule has 1 unspecified atom stereocenters. The summed E-state index contributed by atoms with van der Waals surface area (Å²) in [5, 5.41) is 0. The Balaban J connectivity index is 2.26. The van der Waals surface area contributed by atoms with Crippen LogP contribution in [0.2, 0.25) is 0 Å². The third kappa shape index (κ3) is 2.29. The van der Waals surface area contributed by atoms with Crippen LogP contribution in [0.15, 0.2) is 22.7 Å². The molecule has 1 fully saturated rings. The highest BCUT2D eigenvalue weighted by atomic mass is 79.9. The van der Waals surface area contributed by atoms with Crippen LogP contribution in [0.25, 0.3) is 0 Å². The van der Waals surface area contributed by atoms with Crippen LogP contribution in [0.5, 0.6) is 0 Å². The highest BCUT2D eigenvalue weighted by Crippen LogP contribution is 2.29. The molecule has 1 aliphatic heterocycles. The number of carbonyl (C=O) groups excluding carboxylic acids is 1. The Labute approximate surface area is 105 Å². The molecule has 0 aliphatic carbocycles. The summed E-state index contributed by atoms with van der Waals surface area (Å²) in [6.07, 6.45) is 3.41. The molecule has 1 aromatic rings. The number of hydrogen-bond donors (Lipinski definition) is 0. The Morgan fingerprint density at radius 1 is 1.56 bits per heavy atom. The van der Waals surface area contributed by atoms with Crippen molar-refractivity contribution in [2.24, 2.45) is 5.92 Å². The lowest BCUT2D eigenvalue weighted by atomic mass is 10.1. The fourth-order valence-corrected chi connectivity index (χ4v) is 2.62. The lowest BCUT2D eigenvalue weighted by Gasteiger charge is -2.20. The van der Waals surface area contributed by atoms with E-state index in [0.717, 1.165) is 41.0 Å². The van der Waals surface area contributed by atoms with Crippen LogP contribution >= 0.6 is 15.9 Å². The van der Waals surface area contributed by atoms with E-state index in [1.807, 2.05) is 18.2 Å². The molecule has 0 N–H and O–H groups in total. The molecular formula is C13H16BrNO. The monoisotopic (exact) mass is 281 g/mol. The molecule has 1 aliphatic rings. The first-order valence-corrected chi connectivity index (χ1v) is 6.53. The van der Waals surface area contributed by atoms with Gasteiger partial charge >= 0.3 is 0 Å². The Bertz CT molecular complexity index is 392. The van der Waals surface area contributed by atoms with Gasteiger partial charge in [0.25, 0.3) is 0 Å². The molecule has 0 bridgehead atoms. The number of anilines is 1. The van der Waals surface area contributed by atoms with Crippen LogP contribution in [-0.4, -0.2) is 19.4 Å². The summed E-state index contributed by atoms with van der Waals surface area (Å²) in [7, 11) is 0. The molecule has 1 heterocycles. The van der Waals surface area contributed by atoms with E-state index in [4.69, 9.17) is 0 Å². The normalized spacial score (nSPS) is 20.1. The highest BCUT2D eigenvalue weighted by molar-refractivity contribution is 9.10. The smallest absolute Gasteiger partial charge is 0.152 e. The number of rotatable bonds is 3. The molecular weight excluding hydrogens is 266 g/mol. The van der Waals surface area contributed by atoms with E-state index in [9.17, 15) is 4.79 Å². The number of nitrogens with zero attached hydrogens (tertiary/aromatic N) is 1. The fraction of sp³-hybridized carbons (Fsp3) is 0.462. The Hall–Kier alpha value is -0.830. The standard InChI is InChI=1S/C13H16BrNO/c1-2-10-5-6-15(8-10)13-7-12(14)4-3-11(13)9-16/h3-4,7,9-10H,2,5-6,8H2,1H3. The SMILES string of the molecule is CCC1CCN(c2cc(Br)ccc2C=O)C1. The average Bonchev–Trinajstić information content (AvgIpc) is 2.77. The van der Waals surface area contributed by atoms with Gasteiger partial charge in [-0.3, -0.25) is 4.79 Å². The van der Waals surface area contributed by atoms with Gasteiger partial charge in [0.15, 0.2) is 6.29 Å². The largest absolute Gasteiger partial charge is 0.371 e. The lowest BCUT2D eigenvalue weighted by molar-refractivity contribution is 0.112. The summed E-state index contributed by atoms with van der Waals surface area (Å²) in [5.74, 6) is 0.776. The van der Waals surface area contributed by atoms with Gasteiger partial charge in [-0.1, -0.05) is 29.3 Å². The minimum absolute atomic E-state index is 0.776. The summed E-state index contributed by atoms with van der Waals surface area (Å²) in [5.41, 5.74) is 1.86. The minimum Gasteiger partial charge on any atom is -0.371 e. The van der Waals surface area contributed by atoms with Crippen molar-refractivity contribution >= 4 is 27.9 Å². The highest BCUT2D eigenvalue weighted by Gasteiger charge is 2.22. The van der Waals surface area contributed by atoms with Crippen molar-refractivity contribution in [2.45, 2.75) is 19.8 Å². The molecule has 0 amide bonds. The third-order valence-corrected chi connectivity index (χ3v) is 3.82. The summed E-state index contributed by atoms with van der Waals surface area (Å²) in [6.45, 7) is 4.37. The quantitative estimate of drug-likeness (QED) is 0.791. The van der Waals surface area contributed by atoms with Crippen molar-refractivity contribution < 1.29 is 4.79 Å². The zero-order chi connectivity index (χ0) is 11.5. The predicted molar refractivity (Wildman–Crippen MR) is 70.1 cm³/mol. The number of benzene rings is 1. The summed E-state index contributed by atoms with van der Waals surface area (Å²) in [4.78, 5) is 13.3. The van der Waals surface area contributed by atoms with Crippen molar-refractivity contribution in [2.75, 3.05) is 18.0 Å². The van der Waals surface area contributed by atoms with E-state index in [1.165, 1.54) is 12.8 Å². The van der Waals surface area contributed by atoms with E-state index < -0.39 is 0 Å². The fourth-order valence-electron chi connectivity index (χ4n) is 2.28. The van der Waals surface area contributed by atoms with Crippen molar-refractivity contribution in [3.05, 3.63) is 28.2 Å². The molecule has 0 saturated carbocycles. The second kappa shape index (κ2) is 5.00. The number of carbonyl (C=O) groups is 1. The van der Waals surface area contributed by atoms with E-state index >= 15 is 0 Å². The second-order valence-electron chi connectivity index (χ2n) is 4.33. The second-order valence-corrected chi connectivity index (χ2v) is 5.25. The number of hydrogen-bond acceptors (Lipinski definition) is 2. The van der Waals surface area contributed by atoms with Gasteiger partial charge < -0.3 is 4.90 Å². The summed E-state index contributed by atoms with van der Waals surface area (Å²) >= 11 is 3.46. The zero-order valence-corrected chi connectivity index (χ0v) is 11.0. The maximum absolute atomic E-state index is 11.0. The third-order valence-electron chi connectivity index (χ3n) is 3.32. The van der Waals surface area contributed by atoms with Crippen LogP contribution in [0.4, 0.5) is 5.69 Å². The van der Waals surface area contributed by atoms with Gasteiger partial charge in [-0.05, 0) is 30.5 Å². The summed E-state index contributed by atoms with van der Waals surface area (Å²) in [6, 6.07) is 5.84. The number of halogens is 1.